The van der Waals surface area contributed by atoms with Crippen LogP contribution in [0.1, 0.15) is 20.3 Å². The number of carbonyl (C=O) groups is 1. The first kappa shape index (κ1) is 14.7. The molecule has 0 aliphatic carbocycles. The summed E-state index contributed by atoms with van der Waals surface area (Å²) in [5.74, 6) is 0.249. The second-order valence-electron chi connectivity index (χ2n) is 4.27. The van der Waals surface area contributed by atoms with Gasteiger partial charge in [0.15, 0.2) is 9.84 Å². The summed E-state index contributed by atoms with van der Waals surface area (Å²) in [5, 5.41) is 0. The van der Waals surface area contributed by atoms with Gasteiger partial charge in [0.05, 0.1) is 10.6 Å². The van der Waals surface area contributed by atoms with Crippen LogP contribution in [0.3, 0.4) is 0 Å². The summed E-state index contributed by atoms with van der Waals surface area (Å²) < 4.78 is 23.3. The third kappa shape index (κ3) is 3.84. The van der Waals surface area contributed by atoms with E-state index >= 15 is 0 Å². The molecular formula is C13H19NO3S. The maximum absolute atomic E-state index is 11.6. The van der Waals surface area contributed by atoms with Gasteiger partial charge in [0.1, 0.15) is 5.78 Å². The number of rotatable bonds is 6. The molecule has 0 aromatic heterocycles. The Bertz CT molecular complexity index is 506. The van der Waals surface area contributed by atoms with Crippen molar-refractivity contribution in [1.29, 1.82) is 0 Å². The van der Waals surface area contributed by atoms with E-state index in [1.54, 1.807) is 38.1 Å². The van der Waals surface area contributed by atoms with Gasteiger partial charge in [-0.3, -0.25) is 4.79 Å². The van der Waals surface area contributed by atoms with E-state index in [9.17, 15) is 13.2 Å². The van der Waals surface area contributed by atoms with Crippen molar-refractivity contribution in [2.75, 3.05) is 24.2 Å². The SMILES string of the molecule is CCS(=O)(=O)c1ccc(N(C)CCC(C)=O)cc1. The Morgan fingerprint density at radius 1 is 1.22 bits per heavy atom. The highest BCUT2D eigenvalue weighted by Crippen LogP contribution is 2.18. The molecule has 0 spiro atoms. The van der Waals surface area contributed by atoms with Crippen molar-refractivity contribution in [3.63, 3.8) is 0 Å². The van der Waals surface area contributed by atoms with E-state index in [0.29, 0.717) is 17.9 Å². The molecule has 0 heterocycles. The molecule has 0 fully saturated rings. The van der Waals surface area contributed by atoms with Crippen LogP contribution in [0.15, 0.2) is 29.2 Å². The lowest BCUT2D eigenvalue weighted by atomic mass is 10.2. The molecule has 0 amide bonds. The minimum atomic E-state index is -3.14. The Balaban J connectivity index is 2.80. The highest BCUT2D eigenvalue weighted by atomic mass is 32.2. The quantitative estimate of drug-likeness (QED) is 0.791. The monoisotopic (exact) mass is 269 g/mol. The molecule has 1 aromatic rings. The summed E-state index contributed by atoms with van der Waals surface area (Å²) in [4.78, 5) is 13.2. The zero-order chi connectivity index (χ0) is 13.8. The molecule has 100 valence electrons. The lowest BCUT2D eigenvalue weighted by molar-refractivity contribution is -0.116. The van der Waals surface area contributed by atoms with Crippen LogP contribution in [0.5, 0.6) is 0 Å². The largest absolute Gasteiger partial charge is 0.374 e. The van der Waals surface area contributed by atoms with E-state index in [0.717, 1.165) is 5.69 Å². The molecule has 18 heavy (non-hydrogen) atoms. The fourth-order valence-corrected chi connectivity index (χ4v) is 2.41. The number of anilines is 1. The Kier molecular flexibility index (Phi) is 4.90. The molecule has 0 unspecified atom stereocenters. The van der Waals surface area contributed by atoms with Gasteiger partial charge in [-0.15, -0.1) is 0 Å². The van der Waals surface area contributed by atoms with Gasteiger partial charge in [-0.2, -0.15) is 0 Å². The summed E-state index contributed by atoms with van der Waals surface area (Å²) >= 11 is 0. The Morgan fingerprint density at radius 3 is 2.22 bits per heavy atom. The second-order valence-corrected chi connectivity index (χ2v) is 6.55. The second kappa shape index (κ2) is 6.00. The van der Waals surface area contributed by atoms with Crippen molar-refractivity contribution in [2.45, 2.75) is 25.2 Å². The number of hydrogen-bond donors (Lipinski definition) is 0. The van der Waals surface area contributed by atoms with Crippen LogP contribution in [-0.4, -0.2) is 33.5 Å². The van der Waals surface area contributed by atoms with Crippen LogP contribution in [0, 0.1) is 0 Å². The van der Waals surface area contributed by atoms with Crippen molar-refractivity contribution in [3.8, 4) is 0 Å². The number of Topliss-reactive ketones (excluding diaryl/α,β-unsaturated/α-hetero) is 1. The van der Waals surface area contributed by atoms with Crippen molar-refractivity contribution in [3.05, 3.63) is 24.3 Å². The first-order valence-electron chi connectivity index (χ1n) is 5.90. The van der Waals surface area contributed by atoms with Gasteiger partial charge in [-0.1, -0.05) is 6.92 Å². The summed E-state index contributed by atoms with van der Waals surface area (Å²) in [6.07, 6.45) is 0.492. The van der Waals surface area contributed by atoms with Crippen LogP contribution in [0.4, 0.5) is 5.69 Å². The van der Waals surface area contributed by atoms with E-state index in [1.807, 2.05) is 11.9 Å². The zero-order valence-electron chi connectivity index (χ0n) is 11.0. The summed E-state index contributed by atoms with van der Waals surface area (Å²) in [6, 6.07) is 6.75. The summed E-state index contributed by atoms with van der Waals surface area (Å²) in [6.45, 7) is 3.82. The van der Waals surface area contributed by atoms with Gasteiger partial charge in [0, 0.05) is 25.7 Å². The number of ketones is 1. The van der Waals surface area contributed by atoms with E-state index in [1.165, 1.54) is 0 Å². The number of hydrogen-bond acceptors (Lipinski definition) is 4. The Labute approximate surface area is 109 Å². The molecule has 0 atom stereocenters. The third-order valence-electron chi connectivity index (χ3n) is 2.82. The summed E-state index contributed by atoms with van der Waals surface area (Å²) in [5.41, 5.74) is 0.909. The van der Waals surface area contributed by atoms with Crippen molar-refractivity contribution < 1.29 is 13.2 Å². The highest BCUT2D eigenvalue weighted by Gasteiger charge is 2.11. The molecule has 1 aromatic carbocycles. The zero-order valence-corrected chi connectivity index (χ0v) is 11.8. The maximum atomic E-state index is 11.6. The molecule has 4 nitrogen and oxygen atoms in total. The fourth-order valence-electron chi connectivity index (χ4n) is 1.53. The molecule has 0 N–H and O–H groups in total. The summed E-state index contributed by atoms with van der Waals surface area (Å²) in [7, 11) is -1.26. The third-order valence-corrected chi connectivity index (χ3v) is 4.57. The minimum Gasteiger partial charge on any atom is -0.374 e. The molecule has 0 aliphatic rings. The van der Waals surface area contributed by atoms with Crippen LogP contribution >= 0.6 is 0 Å². The molecule has 0 saturated carbocycles. The smallest absolute Gasteiger partial charge is 0.178 e. The van der Waals surface area contributed by atoms with Crippen molar-refractivity contribution in [2.24, 2.45) is 0 Å². The number of sulfone groups is 1. The molecular weight excluding hydrogens is 250 g/mol. The van der Waals surface area contributed by atoms with Crippen molar-refractivity contribution in [1.82, 2.24) is 0 Å². The number of nitrogens with zero attached hydrogens (tertiary/aromatic N) is 1. The predicted octanol–water partition coefficient (Wildman–Crippen LogP) is 1.90. The molecule has 1 rings (SSSR count). The lowest BCUT2D eigenvalue weighted by Gasteiger charge is -2.18. The highest BCUT2D eigenvalue weighted by molar-refractivity contribution is 7.91. The average Bonchev–Trinajstić information content (AvgIpc) is 2.36. The van der Waals surface area contributed by atoms with E-state index in [2.05, 4.69) is 0 Å². The first-order chi connectivity index (χ1) is 8.36. The van der Waals surface area contributed by atoms with Gasteiger partial charge < -0.3 is 4.90 Å². The molecule has 0 saturated heterocycles. The maximum Gasteiger partial charge on any atom is 0.178 e. The Morgan fingerprint density at radius 2 is 1.78 bits per heavy atom. The van der Waals surface area contributed by atoms with Crippen LogP contribution < -0.4 is 4.90 Å². The number of benzene rings is 1. The van der Waals surface area contributed by atoms with Gasteiger partial charge in [-0.05, 0) is 31.2 Å². The fraction of sp³-hybridized carbons (Fsp3) is 0.462. The van der Waals surface area contributed by atoms with Gasteiger partial charge in [0.2, 0.25) is 0 Å². The molecule has 5 heteroatoms. The lowest BCUT2D eigenvalue weighted by Crippen LogP contribution is -2.20. The van der Waals surface area contributed by atoms with Gasteiger partial charge in [-0.25, -0.2) is 8.42 Å². The van der Waals surface area contributed by atoms with Gasteiger partial charge in [0.25, 0.3) is 0 Å². The van der Waals surface area contributed by atoms with Gasteiger partial charge >= 0.3 is 0 Å². The molecule has 0 bridgehead atoms. The van der Waals surface area contributed by atoms with Crippen LogP contribution in [0.25, 0.3) is 0 Å². The predicted molar refractivity (Wildman–Crippen MR) is 72.7 cm³/mol. The minimum absolute atomic E-state index is 0.104. The van der Waals surface area contributed by atoms with E-state index in [4.69, 9.17) is 0 Å². The Hall–Kier alpha value is -1.36. The normalized spacial score (nSPS) is 11.3. The first-order valence-corrected chi connectivity index (χ1v) is 7.55. The van der Waals surface area contributed by atoms with Crippen molar-refractivity contribution >= 4 is 21.3 Å². The van der Waals surface area contributed by atoms with Crippen LogP contribution in [-0.2, 0) is 14.6 Å². The average molecular weight is 269 g/mol. The van der Waals surface area contributed by atoms with E-state index < -0.39 is 9.84 Å². The number of carbonyl (C=O) groups excluding carboxylic acids is 1. The molecule has 0 radical (unpaired) electrons. The standard InChI is InChI=1S/C13H19NO3S/c1-4-18(16,17)13-7-5-12(6-8-13)14(3)10-9-11(2)15/h5-8H,4,9-10H2,1-3H3. The van der Waals surface area contributed by atoms with Crippen LogP contribution in [0.2, 0.25) is 0 Å². The molecule has 0 aliphatic heterocycles. The topological polar surface area (TPSA) is 54.5 Å². The van der Waals surface area contributed by atoms with E-state index in [-0.39, 0.29) is 11.5 Å².